The second-order valence-corrected chi connectivity index (χ2v) is 6.26. The molecular weight excluding hydrogens is 286 g/mol. The highest BCUT2D eigenvalue weighted by molar-refractivity contribution is 7.99. The van der Waals surface area contributed by atoms with Gasteiger partial charge in [-0.05, 0) is 25.4 Å². The average molecular weight is 313 g/mol. The standard InChI is InChI=1S/C15H27N3O2S/c1-5-8-11(4)12-13(19)16-15(17-14(12)20)21-10-9-18(6-2)7-3/h11H,5-10H2,1-4H3,(H2,16,17,19,20). The summed E-state index contributed by atoms with van der Waals surface area (Å²) in [6, 6.07) is 0. The normalized spacial score (nSPS) is 12.8. The van der Waals surface area contributed by atoms with Crippen LogP contribution in [0.4, 0.5) is 0 Å². The van der Waals surface area contributed by atoms with Gasteiger partial charge in [0, 0.05) is 12.3 Å². The number of aromatic hydroxyl groups is 1. The lowest BCUT2D eigenvalue weighted by Crippen LogP contribution is -2.25. The van der Waals surface area contributed by atoms with Crippen molar-refractivity contribution >= 4 is 11.8 Å². The maximum Gasteiger partial charge on any atom is 0.258 e. The molecule has 0 saturated heterocycles. The molecule has 1 heterocycles. The van der Waals surface area contributed by atoms with E-state index < -0.39 is 0 Å². The molecule has 2 N–H and O–H groups in total. The smallest absolute Gasteiger partial charge is 0.258 e. The zero-order valence-electron chi connectivity index (χ0n) is 13.5. The SMILES string of the molecule is CCCC(C)c1c(O)nc(SCCN(CC)CC)[nH]c1=O. The molecule has 1 aromatic heterocycles. The summed E-state index contributed by atoms with van der Waals surface area (Å²) in [6.07, 6.45) is 1.84. The molecule has 1 unspecified atom stereocenters. The first-order valence-corrected chi connectivity index (χ1v) is 8.70. The van der Waals surface area contributed by atoms with Crippen LogP contribution in [0.3, 0.4) is 0 Å². The number of aromatic amines is 1. The molecule has 0 fully saturated rings. The minimum atomic E-state index is -0.214. The van der Waals surface area contributed by atoms with E-state index in [0.717, 1.165) is 38.2 Å². The maximum atomic E-state index is 12.1. The van der Waals surface area contributed by atoms with Gasteiger partial charge in [-0.25, -0.2) is 0 Å². The summed E-state index contributed by atoms with van der Waals surface area (Å²) in [4.78, 5) is 21.3. The molecule has 120 valence electrons. The number of nitrogens with zero attached hydrogens (tertiary/aromatic N) is 2. The van der Waals surface area contributed by atoms with Crippen molar-refractivity contribution in [3.8, 4) is 5.88 Å². The zero-order valence-corrected chi connectivity index (χ0v) is 14.3. The Morgan fingerprint density at radius 1 is 1.33 bits per heavy atom. The summed E-state index contributed by atoms with van der Waals surface area (Å²) in [5.74, 6) is 0.750. The summed E-state index contributed by atoms with van der Waals surface area (Å²) >= 11 is 1.47. The average Bonchev–Trinajstić information content (AvgIpc) is 2.43. The Morgan fingerprint density at radius 3 is 2.52 bits per heavy atom. The van der Waals surface area contributed by atoms with Gasteiger partial charge in [-0.1, -0.05) is 45.9 Å². The fraction of sp³-hybridized carbons (Fsp3) is 0.733. The van der Waals surface area contributed by atoms with Gasteiger partial charge < -0.3 is 15.0 Å². The van der Waals surface area contributed by atoms with Crippen LogP contribution in [0.1, 0.15) is 52.0 Å². The van der Waals surface area contributed by atoms with Crippen LogP contribution < -0.4 is 5.56 Å². The third-order valence-electron chi connectivity index (χ3n) is 3.67. The fourth-order valence-corrected chi connectivity index (χ4v) is 3.21. The molecule has 0 amide bonds. The summed E-state index contributed by atoms with van der Waals surface area (Å²) in [6.45, 7) is 11.2. The Hall–Kier alpha value is -1.01. The summed E-state index contributed by atoms with van der Waals surface area (Å²) in [7, 11) is 0. The molecule has 6 heteroatoms. The predicted molar refractivity (Wildman–Crippen MR) is 88.4 cm³/mol. The second-order valence-electron chi connectivity index (χ2n) is 5.17. The quantitative estimate of drug-likeness (QED) is 0.542. The molecule has 1 rings (SSSR count). The Labute approximate surface area is 131 Å². The number of hydrogen-bond donors (Lipinski definition) is 2. The van der Waals surface area contributed by atoms with E-state index >= 15 is 0 Å². The van der Waals surface area contributed by atoms with Gasteiger partial charge in [0.25, 0.3) is 5.56 Å². The number of nitrogens with one attached hydrogen (secondary N) is 1. The van der Waals surface area contributed by atoms with Gasteiger partial charge in [-0.3, -0.25) is 4.79 Å². The first-order valence-electron chi connectivity index (χ1n) is 7.71. The monoisotopic (exact) mass is 313 g/mol. The van der Waals surface area contributed by atoms with E-state index in [1.54, 1.807) is 0 Å². The summed E-state index contributed by atoms with van der Waals surface area (Å²) in [5, 5.41) is 10.5. The van der Waals surface area contributed by atoms with Gasteiger partial charge in [0.2, 0.25) is 5.88 Å². The molecule has 0 aliphatic rings. The predicted octanol–water partition coefficient (Wildman–Crippen LogP) is 2.81. The Balaban J connectivity index is 2.72. The van der Waals surface area contributed by atoms with Gasteiger partial charge in [0.15, 0.2) is 5.16 Å². The van der Waals surface area contributed by atoms with Gasteiger partial charge in [-0.15, -0.1) is 0 Å². The largest absolute Gasteiger partial charge is 0.493 e. The van der Waals surface area contributed by atoms with Gasteiger partial charge >= 0.3 is 0 Å². The molecular formula is C15H27N3O2S. The van der Waals surface area contributed by atoms with E-state index in [1.807, 2.05) is 6.92 Å². The highest BCUT2D eigenvalue weighted by Gasteiger charge is 2.17. The third-order valence-corrected chi connectivity index (χ3v) is 4.52. The lowest BCUT2D eigenvalue weighted by atomic mass is 9.99. The third kappa shape index (κ3) is 5.36. The van der Waals surface area contributed by atoms with Crippen LogP contribution in [0.15, 0.2) is 9.95 Å². The minimum Gasteiger partial charge on any atom is -0.493 e. The fourth-order valence-electron chi connectivity index (χ4n) is 2.35. The molecule has 1 atom stereocenters. The van der Waals surface area contributed by atoms with Crippen LogP contribution in [-0.2, 0) is 0 Å². The first-order chi connectivity index (χ1) is 10.0. The number of hydrogen-bond acceptors (Lipinski definition) is 5. The Morgan fingerprint density at radius 2 is 2.00 bits per heavy atom. The van der Waals surface area contributed by atoms with Gasteiger partial charge in [0.1, 0.15) is 0 Å². The molecule has 1 aromatic rings. The molecule has 0 aliphatic carbocycles. The topological polar surface area (TPSA) is 69.2 Å². The van der Waals surface area contributed by atoms with Gasteiger partial charge in [-0.2, -0.15) is 4.98 Å². The number of thioether (sulfide) groups is 1. The van der Waals surface area contributed by atoms with Crippen LogP contribution in [0.2, 0.25) is 0 Å². The Kier molecular flexibility index (Phi) is 7.82. The highest BCUT2D eigenvalue weighted by atomic mass is 32.2. The van der Waals surface area contributed by atoms with Crippen molar-refractivity contribution in [2.24, 2.45) is 0 Å². The van der Waals surface area contributed by atoms with E-state index in [9.17, 15) is 9.90 Å². The van der Waals surface area contributed by atoms with Crippen molar-refractivity contribution in [3.05, 3.63) is 15.9 Å². The summed E-state index contributed by atoms with van der Waals surface area (Å²) < 4.78 is 0. The van der Waals surface area contributed by atoms with Crippen LogP contribution in [0, 0.1) is 0 Å². The van der Waals surface area contributed by atoms with Crippen molar-refractivity contribution in [2.45, 2.75) is 51.6 Å². The lowest BCUT2D eigenvalue weighted by Gasteiger charge is -2.17. The van der Waals surface area contributed by atoms with Crippen molar-refractivity contribution in [1.82, 2.24) is 14.9 Å². The van der Waals surface area contributed by atoms with Crippen LogP contribution >= 0.6 is 11.8 Å². The summed E-state index contributed by atoms with van der Waals surface area (Å²) in [5.41, 5.74) is 0.193. The number of aromatic nitrogens is 2. The maximum absolute atomic E-state index is 12.1. The minimum absolute atomic E-state index is 0.0287. The van der Waals surface area contributed by atoms with E-state index in [4.69, 9.17) is 0 Å². The Bertz CT molecular complexity index is 486. The molecule has 0 bridgehead atoms. The van der Waals surface area contributed by atoms with E-state index in [1.165, 1.54) is 11.8 Å². The van der Waals surface area contributed by atoms with Crippen LogP contribution in [0.25, 0.3) is 0 Å². The first kappa shape index (κ1) is 18.0. The second kappa shape index (κ2) is 9.10. The molecule has 0 radical (unpaired) electrons. The van der Waals surface area contributed by atoms with Crippen LogP contribution in [0.5, 0.6) is 5.88 Å². The van der Waals surface area contributed by atoms with E-state index in [-0.39, 0.29) is 17.4 Å². The lowest BCUT2D eigenvalue weighted by molar-refractivity contribution is 0.324. The van der Waals surface area contributed by atoms with Crippen LogP contribution in [-0.4, -0.2) is 45.4 Å². The molecule has 0 aliphatic heterocycles. The van der Waals surface area contributed by atoms with Crippen molar-refractivity contribution in [1.29, 1.82) is 0 Å². The van der Waals surface area contributed by atoms with Crippen molar-refractivity contribution < 1.29 is 5.11 Å². The van der Waals surface area contributed by atoms with E-state index in [2.05, 4.69) is 35.6 Å². The van der Waals surface area contributed by atoms with E-state index in [0.29, 0.717) is 10.7 Å². The molecule has 21 heavy (non-hydrogen) atoms. The number of H-pyrrole nitrogens is 1. The number of rotatable bonds is 9. The van der Waals surface area contributed by atoms with Gasteiger partial charge in [0.05, 0.1) is 5.56 Å². The van der Waals surface area contributed by atoms with Crippen molar-refractivity contribution in [2.75, 3.05) is 25.4 Å². The zero-order chi connectivity index (χ0) is 15.8. The molecule has 0 spiro atoms. The molecule has 5 nitrogen and oxygen atoms in total. The van der Waals surface area contributed by atoms with Crippen molar-refractivity contribution in [3.63, 3.8) is 0 Å². The molecule has 0 saturated carbocycles. The highest BCUT2D eigenvalue weighted by Crippen LogP contribution is 2.25. The molecule has 0 aromatic carbocycles.